The number of hydrogen-bond acceptors (Lipinski definition) is 0. The summed E-state index contributed by atoms with van der Waals surface area (Å²) in [7, 11) is 0. The minimum Gasteiger partial charge on any atom is -0.269 e. The Hall–Kier alpha value is 0.254. The summed E-state index contributed by atoms with van der Waals surface area (Å²) >= 11 is 0. The zero-order valence-corrected chi connectivity index (χ0v) is 15.4. The first-order valence-electron chi connectivity index (χ1n) is 6.15. The molecule has 19 heavy (non-hydrogen) atoms. The van der Waals surface area contributed by atoms with E-state index in [-0.39, 0.29) is 46.5 Å². The zero-order valence-electron chi connectivity index (χ0n) is 12.2. The minimum atomic E-state index is 0. The van der Waals surface area contributed by atoms with Gasteiger partial charge in [-0.15, -0.1) is 37.7 Å². The largest absolute Gasteiger partial charge is 2.00 e. The Balaban J connectivity index is -0.000000233. The fourth-order valence-electron chi connectivity index (χ4n) is 1.64. The van der Waals surface area contributed by atoms with Gasteiger partial charge in [-0.3, -0.25) is 12.2 Å². The molecule has 0 N–H and O–H groups in total. The number of halogens is 2. The van der Waals surface area contributed by atoms with Crippen LogP contribution < -0.4 is 0 Å². The van der Waals surface area contributed by atoms with Gasteiger partial charge in [-0.05, 0) is 0 Å². The van der Waals surface area contributed by atoms with E-state index in [1.807, 2.05) is 0 Å². The van der Waals surface area contributed by atoms with Crippen LogP contribution in [0.5, 0.6) is 0 Å². The fourth-order valence-corrected chi connectivity index (χ4v) is 1.64. The summed E-state index contributed by atoms with van der Waals surface area (Å²) in [5.41, 5.74) is 2.73. The molecule has 2 aliphatic carbocycles. The summed E-state index contributed by atoms with van der Waals surface area (Å²) in [6.45, 7) is 8.77. The number of rotatable bonds is 2. The maximum Gasteiger partial charge on any atom is 2.00 e. The van der Waals surface area contributed by atoms with Crippen LogP contribution in [0, 0.1) is 24.0 Å². The monoisotopic (exact) mass is 334 g/mol. The summed E-state index contributed by atoms with van der Waals surface area (Å²) in [6.07, 6.45) is 17.2. The van der Waals surface area contributed by atoms with E-state index in [4.69, 9.17) is 0 Å². The molecule has 0 atom stereocenters. The predicted molar refractivity (Wildman–Crippen MR) is 85.2 cm³/mol. The van der Waals surface area contributed by atoms with E-state index < -0.39 is 0 Å². The molecule has 0 amide bonds. The molecule has 0 aromatic carbocycles. The standard InChI is InChI=1S/2C8H11.2ClH.Ti/c2*1-7(2)8-5-3-4-6-8;;;/h2*3,5,7H,4H2,1-2H3;2*1H;/q2*-1;;;+2. The van der Waals surface area contributed by atoms with Gasteiger partial charge in [-0.2, -0.15) is 12.2 Å². The molecule has 0 aromatic heterocycles. The Morgan fingerprint density at radius 2 is 1.11 bits per heavy atom. The molecule has 0 radical (unpaired) electrons. The Morgan fingerprint density at radius 1 is 0.789 bits per heavy atom. The van der Waals surface area contributed by atoms with E-state index in [9.17, 15) is 0 Å². The fraction of sp³-hybridized carbons (Fsp3) is 0.500. The van der Waals surface area contributed by atoms with Crippen LogP contribution in [0.1, 0.15) is 40.5 Å². The summed E-state index contributed by atoms with van der Waals surface area (Å²) in [5.74, 6) is 1.32. The first kappa shape index (κ1) is 24.3. The van der Waals surface area contributed by atoms with Gasteiger partial charge < -0.3 is 0 Å². The molecular weight excluding hydrogens is 311 g/mol. The van der Waals surface area contributed by atoms with Gasteiger partial charge in [0.2, 0.25) is 0 Å². The van der Waals surface area contributed by atoms with Crippen LogP contribution in [0.25, 0.3) is 0 Å². The van der Waals surface area contributed by atoms with Crippen molar-refractivity contribution in [3.63, 3.8) is 0 Å². The second-order valence-electron chi connectivity index (χ2n) is 4.79. The van der Waals surface area contributed by atoms with Crippen LogP contribution in [-0.2, 0) is 21.7 Å². The molecule has 0 fully saturated rings. The third-order valence-corrected chi connectivity index (χ3v) is 2.69. The molecule has 0 aliphatic heterocycles. The maximum absolute atomic E-state index is 3.26. The summed E-state index contributed by atoms with van der Waals surface area (Å²) in [5, 5.41) is 0. The van der Waals surface area contributed by atoms with Crippen molar-refractivity contribution < 1.29 is 21.7 Å². The zero-order chi connectivity index (χ0) is 12.0. The van der Waals surface area contributed by atoms with E-state index >= 15 is 0 Å². The SMILES string of the molecule is CC(C)C1=[C-]CC=C1.CC(C)C1=[C-]CC=C1.Cl.Cl.[Ti+2]. The smallest absolute Gasteiger partial charge is 0.269 e. The second kappa shape index (κ2) is 13.2. The number of hydrogen-bond donors (Lipinski definition) is 0. The molecule has 0 nitrogen and oxygen atoms in total. The van der Waals surface area contributed by atoms with E-state index in [1.165, 1.54) is 11.1 Å². The van der Waals surface area contributed by atoms with Crippen molar-refractivity contribution in [1.82, 2.24) is 0 Å². The van der Waals surface area contributed by atoms with Crippen molar-refractivity contribution in [1.29, 1.82) is 0 Å². The Labute approximate surface area is 146 Å². The van der Waals surface area contributed by atoms with Gasteiger partial charge in [-0.1, -0.05) is 39.5 Å². The van der Waals surface area contributed by atoms with Crippen LogP contribution >= 0.6 is 24.8 Å². The van der Waals surface area contributed by atoms with E-state index in [1.54, 1.807) is 0 Å². The molecule has 0 unspecified atom stereocenters. The first-order chi connectivity index (χ1) is 7.61. The first-order valence-corrected chi connectivity index (χ1v) is 6.15. The van der Waals surface area contributed by atoms with Crippen LogP contribution in [0.2, 0.25) is 0 Å². The summed E-state index contributed by atoms with van der Waals surface area (Å²) in [4.78, 5) is 0. The molecule has 3 heteroatoms. The molecule has 0 saturated heterocycles. The average Bonchev–Trinajstić information content (AvgIpc) is 2.93. The summed E-state index contributed by atoms with van der Waals surface area (Å²) < 4.78 is 0. The maximum atomic E-state index is 3.26. The topological polar surface area (TPSA) is 0 Å². The quantitative estimate of drug-likeness (QED) is 0.461. The van der Waals surface area contributed by atoms with Gasteiger partial charge in [0.25, 0.3) is 0 Å². The molecule has 2 rings (SSSR count). The Morgan fingerprint density at radius 3 is 1.21 bits per heavy atom. The molecule has 0 bridgehead atoms. The minimum absolute atomic E-state index is 0. The van der Waals surface area contributed by atoms with E-state index in [0.717, 1.165) is 12.8 Å². The van der Waals surface area contributed by atoms with Crippen LogP contribution in [-0.4, -0.2) is 0 Å². The number of allylic oxidation sites excluding steroid dienone is 8. The average molecular weight is 335 g/mol. The van der Waals surface area contributed by atoms with Crippen molar-refractivity contribution in [3.05, 3.63) is 47.6 Å². The van der Waals surface area contributed by atoms with Crippen molar-refractivity contribution in [2.24, 2.45) is 11.8 Å². The van der Waals surface area contributed by atoms with Gasteiger partial charge in [0.15, 0.2) is 0 Å². The summed E-state index contributed by atoms with van der Waals surface area (Å²) in [6, 6.07) is 0. The normalized spacial score (nSPS) is 14.8. The molecule has 106 valence electrons. The van der Waals surface area contributed by atoms with Crippen molar-refractivity contribution in [2.75, 3.05) is 0 Å². The van der Waals surface area contributed by atoms with Crippen LogP contribution in [0.4, 0.5) is 0 Å². The van der Waals surface area contributed by atoms with Gasteiger partial charge in [0, 0.05) is 0 Å². The van der Waals surface area contributed by atoms with Crippen molar-refractivity contribution in [3.8, 4) is 0 Å². The van der Waals surface area contributed by atoms with Gasteiger partial charge in [-0.25, -0.2) is 23.3 Å². The Bertz CT molecular complexity index is 303. The third kappa shape index (κ3) is 9.74. The second-order valence-corrected chi connectivity index (χ2v) is 4.79. The molecular formula is C16H24Cl2Ti. The van der Waals surface area contributed by atoms with Gasteiger partial charge in [0.1, 0.15) is 0 Å². The Kier molecular flexibility index (Phi) is 16.9. The van der Waals surface area contributed by atoms with Gasteiger partial charge in [0.05, 0.1) is 0 Å². The van der Waals surface area contributed by atoms with Crippen LogP contribution in [0.3, 0.4) is 0 Å². The van der Waals surface area contributed by atoms with Crippen molar-refractivity contribution >= 4 is 24.8 Å². The van der Waals surface area contributed by atoms with E-state index in [0.29, 0.717) is 11.8 Å². The molecule has 0 aromatic rings. The van der Waals surface area contributed by atoms with Gasteiger partial charge >= 0.3 is 21.7 Å². The molecule has 0 saturated carbocycles. The molecule has 0 spiro atoms. The predicted octanol–water partition coefficient (Wildman–Crippen LogP) is 5.50. The third-order valence-electron chi connectivity index (χ3n) is 2.69. The molecule has 0 heterocycles. The van der Waals surface area contributed by atoms with E-state index in [2.05, 4.69) is 64.2 Å². The molecule has 2 aliphatic rings. The van der Waals surface area contributed by atoms with Crippen molar-refractivity contribution in [2.45, 2.75) is 40.5 Å². The van der Waals surface area contributed by atoms with Crippen LogP contribution in [0.15, 0.2) is 35.5 Å².